The zero-order chi connectivity index (χ0) is 29.0. The van der Waals surface area contributed by atoms with Gasteiger partial charge in [0.25, 0.3) is 5.91 Å². The number of hydrogen-bond donors (Lipinski definition) is 2. The molecule has 39 heavy (non-hydrogen) atoms. The van der Waals surface area contributed by atoms with Crippen molar-refractivity contribution in [2.75, 3.05) is 25.6 Å². The van der Waals surface area contributed by atoms with Crippen LogP contribution in [0, 0.1) is 10.8 Å². The van der Waals surface area contributed by atoms with Gasteiger partial charge < -0.3 is 24.8 Å². The Morgan fingerprint density at radius 2 is 1.82 bits per heavy atom. The Hall–Kier alpha value is -2.59. The van der Waals surface area contributed by atoms with Crippen molar-refractivity contribution in [3.05, 3.63) is 33.6 Å². The number of rotatable bonds is 10. The Balaban J connectivity index is 1.81. The number of anilines is 1. The summed E-state index contributed by atoms with van der Waals surface area (Å²) in [4.78, 5) is 37.8. The number of amides is 1. The lowest BCUT2D eigenvalue weighted by atomic mass is 9.63. The molecule has 1 saturated carbocycles. The molecule has 0 saturated heterocycles. The van der Waals surface area contributed by atoms with E-state index in [0.717, 1.165) is 29.0 Å². The topological polar surface area (TPSA) is 103 Å². The van der Waals surface area contributed by atoms with E-state index in [9.17, 15) is 14.4 Å². The number of thiophene rings is 1. The van der Waals surface area contributed by atoms with Gasteiger partial charge in [-0.15, -0.1) is 11.3 Å². The molecule has 214 valence electrons. The van der Waals surface area contributed by atoms with Crippen molar-refractivity contribution in [2.24, 2.45) is 10.8 Å². The van der Waals surface area contributed by atoms with Crippen LogP contribution in [0.15, 0.2) is 28.7 Å². The summed E-state index contributed by atoms with van der Waals surface area (Å²) in [7, 11) is 1.30. The number of carbonyl (C=O) groups is 3. The van der Waals surface area contributed by atoms with Crippen LogP contribution >= 0.6 is 27.3 Å². The Morgan fingerprint density at radius 3 is 2.44 bits per heavy atom. The van der Waals surface area contributed by atoms with Gasteiger partial charge in [0.1, 0.15) is 6.04 Å². The summed E-state index contributed by atoms with van der Waals surface area (Å²) in [5.74, 6) is -1.40. The number of benzene rings is 1. The highest BCUT2D eigenvalue weighted by atomic mass is 79.9. The van der Waals surface area contributed by atoms with Gasteiger partial charge in [0.15, 0.2) is 17.2 Å². The average molecular weight is 624 g/mol. The molecule has 1 aromatic heterocycles. The minimum absolute atomic E-state index is 0.218. The Kier molecular flexibility index (Phi) is 10.1. The summed E-state index contributed by atoms with van der Waals surface area (Å²) in [5.41, 5.74) is 2.42. The quantitative estimate of drug-likeness (QED) is 0.294. The standard InChI is InChI=1S/C29H39BrN2O6S/c1-8-37-26(34)17(2)31-21(33)15-38-23-22(30)24(39-25(23)27(35)36-7)18-10-9-11-19(12-18)32-20-13-28(3,4)16-29(5,6)14-20/h9-12,17,20,32H,8,13-16H2,1-7H3,(H,31,33). The normalized spacial score (nSPS) is 17.1. The molecule has 1 aliphatic rings. The lowest BCUT2D eigenvalue weighted by Crippen LogP contribution is -2.41. The third-order valence-corrected chi connectivity index (χ3v) is 8.81. The van der Waals surface area contributed by atoms with Crippen LogP contribution in [0.25, 0.3) is 10.4 Å². The molecular formula is C29H39BrN2O6S. The summed E-state index contributed by atoms with van der Waals surface area (Å²) in [5, 5.41) is 6.27. The maximum atomic E-state index is 12.6. The molecule has 0 aliphatic heterocycles. The van der Waals surface area contributed by atoms with Crippen LogP contribution < -0.4 is 15.4 Å². The second-order valence-corrected chi connectivity index (χ2v) is 13.4. The van der Waals surface area contributed by atoms with E-state index in [0.29, 0.717) is 10.5 Å². The molecule has 10 heteroatoms. The molecule has 1 unspecified atom stereocenters. The highest BCUT2D eigenvalue weighted by molar-refractivity contribution is 9.10. The molecule has 0 spiro atoms. The van der Waals surface area contributed by atoms with Crippen molar-refractivity contribution < 1.29 is 28.6 Å². The van der Waals surface area contributed by atoms with Crippen molar-refractivity contribution in [3.63, 3.8) is 0 Å². The summed E-state index contributed by atoms with van der Waals surface area (Å²) >= 11 is 4.81. The lowest BCUT2D eigenvalue weighted by Gasteiger charge is -2.45. The second-order valence-electron chi connectivity index (χ2n) is 11.6. The molecule has 1 aliphatic carbocycles. The van der Waals surface area contributed by atoms with Crippen molar-refractivity contribution in [1.29, 1.82) is 0 Å². The van der Waals surface area contributed by atoms with Gasteiger partial charge in [-0.1, -0.05) is 39.8 Å². The van der Waals surface area contributed by atoms with Crippen molar-refractivity contribution >= 4 is 50.8 Å². The van der Waals surface area contributed by atoms with Crippen molar-refractivity contribution in [3.8, 4) is 16.2 Å². The number of esters is 2. The number of carbonyl (C=O) groups excluding carboxylic acids is 3. The molecule has 1 aromatic carbocycles. The molecule has 1 amide bonds. The second kappa shape index (κ2) is 12.7. The Morgan fingerprint density at radius 1 is 1.15 bits per heavy atom. The smallest absolute Gasteiger partial charge is 0.351 e. The fourth-order valence-electron chi connectivity index (χ4n) is 5.62. The molecular weight excluding hydrogens is 584 g/mol. The molecule has 2 aromatic rings. The molecule has 2 N–H and O–H groups in total. The van der Waals surface area contributed by atoms with Crippen LogP contribution in [0.4, 0.5) is 5.69 Å². The first-order valence-electron chi connectivity index (χ1n) is 13.1. The SMILES string of the molecule is CCOC(=O)C(C)NC(=O)COc1c(C(=O)OC)sc(-c2cccc(NC3CC(C)(C)CC(C)(C)C3)c2)c1Br. The molecule has 1 fully saturated rings. The van der Waals surface area contributed by atoms with E-state index in [4.69, 9.17) is 14.2 Å². The van der Waals surface area contributed by atoms with Crippen LogP contribution in [0.2, 0.25) is 0 Å². The third-order valence-electron chi connectivity index (χ3n) is 6.60. The molecule has 3 rings (SSSR count). The summed E-state index contributed by atoms with van der Waals surface area (Å²) < 4.78 is 16.2. The minimum Gasteiger partial charge on any atom is -0.481 e. The highest BCUT2D eigenvalue weighted by Gasteiger charge is 2.38. The third kappa shape index (κ3) is 8.20. The zero-order valence-corrected chi connectivity index (χ0v) is 26.1. The number of methoxy groups -OCH3 is 1. The molecule has 0 radical (unpaired) electrons. The van der Waals surface area contributed by atoms with Gasteiger partial charge in [0.2, 0.25) is 0 Å². The maximum absolute atomic E-state index is 12.6. The Bertz CT molecular complexity index is 1190. The maximum Gasteiger partial charge on any atom is 0.351 e. The fourth-order valence-corrected chi connectivity index (χ4v) is 7.59. The van der Waals surface area contributed by atoms with Crippen LogP contribution in [-0.4, -0.2) is 50.3 Å². The van der Waals surface area contributed by atoms with Crippen molar-refractivity contribution in [2.45, 2.75) is 72.9 Å². The summed E-state index contributed by atoms with van der Waals surface area (Å²) in [6, 6.07) is 7.58. The average Bonchev–Trinajstić information content (AvgIpc) is 3.16. The first-order chi connectivity index (χ1) is 18.2. The number of nitrogens with one attached hydrogen (secondary N) is 2. The fraction of sp³-hybridized carbons (Fsp3) is 0.552. The predicted octanol–water partition coefficient (Wildman–Crippen LogP) is 6.43. The van der Waals surface area contributed by atoms with E-state index in [2.05, 4.69) is 60.3 Å². The minimum atomic E-state index is -0.821. The zero-order valence-electron chi connectivity index (χ0n) is 23.7. The van der Waals surface area contributed by atoms with Gasteiger partial charge in [-0.2, -0.15) is 0 Å². The van der Waals surface area contributed by atoms with Gasteiger partial charge in [0, 0.05) is 11.7 Å². The first kappa shape index (κ1) is 30.9. The van der Waals surface area contributed by atoms with Crippen LogP contribution in [0.3, 0.4) is 0 Å². The van der Waals surface area contributed by atoms with Gasteiger partial charge >= 0.3 is 11.9 Å². The van der Waals surface area contributed by atoms with Crippen molar-refractivity contribution in [1.82, 2.24) is 5.32 Å². The van der Waals surface area contributed by atoms with E-state index in [1.807, 2.05) is 18.2 Å². The monoisotopic (exact) mass is 622 g/mol. The van der Waals surface area contributed by atoms with Crippen LogP contribution in [0.5, 0.6) is 5.75 Å². The summed E-state index contributed by atoms with van der Waals surface area (Å²) in [6.07, 6.45) is 3.37. The molecule has 8 nitrogen and oxygen atoms in total. The van der Waals surface area contributed by atoms with E-state index in [1.165, 1.54) is 31.8 Å². The van der Waals surface area contributed by atoms with Gasteiger partial charge in [-0.3, -0.25) is 4.79 Å². The van der Waals surface area contributed by atoms with Crippen LogP contribution in [-0.2, 0) is 19.1 Å². The number of hydrogen-bond acceptors (Lipinski definition) is 8. The predicted molar refractivity (Wildman–Crippen MR) is 157 cm³/mol. The number of halogens is 1. The van der Waals surface area contributed by atoms with E-state index in [1.54, 1.807) is 6.92 Å². The highest BCUT2D eigenvalue weighted by Crippen LogP contribution is 2.48. The first-order valence-corrected chi connectivity index (χ1v) is 14.7. The van der Waals surface area contributed by atoms with Gasteiger partial charge in [0.05, 0.1) is 23.1 Å². The van der Waals surface area contributed by atoms with E-state index in [-0.39, 0.29) is 28.1 Å². The van der Waals surface area contributed by atoms with E-state index >= 15 is 0 Å². The lowest BCUT2D eigenvalue weighted by molar-refractivity contribution is -0.147. The van der Waals surface area contributed by atoms with E-state index < -0.39 is 30.5 Å². The van der Waals surface area contributed by atoms with Crippen LogP contribution in [0.1, 0.15) is 70.5 Å². The number of ether oxygens (including phenoxy) is 3. The molecule has 0 bridgehead atoms. The molecule has 1 heterocycles. The van der Waals surface area contributed by atoms with Gasteiger partial charge in [-0.05, 0) is 77.6 Å². The Labute approximate surface area is 243 Å². The summed E-state index contributed by atoms with van der Waals surface area (Å²) in [6.45, 7) is 12.4. The molecule has 1 atom stereocenters. The largest absolute Gasteiger partial charge is 0.481 e. The van der Waals surface area contributed by atoms with Gasteiger partial charge in [-0.25, -0.2) is 9.59 Å².